The second kappa shape index (κ2) is 5.54. The third-order valence-electron chi connectivity index (χ3n) is 3.71. The van der Waals surface area contributed by atoms with E-state index in [4.69, 9.17) is 0 Å². The summed E-state index contributed by atoms with van der Waals surface area (Å²) in [5.41, 5.74) is 2.16. The highest BCUT2D eigenvalue weighted by Crippen LogP contribution is 2.18. The molecule has 1 aliphatic heterocycles. The van der Waals surface area contributed by atoms with E-state index in [2.05, 4.69) is 15.6 Å². The first-order chi connectivity index (χ1) is 9.74. The Morgan fingerprint density at radius 1 is 1.35 bits per heavy atom. The van der Waals surface area contributed by atoms with Crippen molar-refractivity contribution >= 4 is 5.78 Å². The highest BCUT2D eigenvalue weighted by atomic mass is 16.1. The molecule has 5 nitrogen and oxygen atoms in total. The summed E-state index contributed by atoms with van der Waals surface area (Å²) >= 11 is 0. The van der Waals surface area contributed by atoms with Crippen LogP contribution in [0.2, 0.25) is 0 Å². The molecule has 0 unspecified atom stereocenters. The summed E-state index contributed by atoms with van der Waals surface area (Å²) in [7, 11) is 0. The van der Waals surface area contributed by atoms with Crippen LogP contribution in [0.25, 0.3) is 0 Å². The number of hydrogen-bond acceptors (Lipinski definition) is 4. The lowest BCUT2D eigenvalue weighted by Gasteiger charge is -2.22. The highest BCUT2D eigenvalue weighted by Gasteiger charge is 2.19. The molecule has 1 aliphatic rings. The Labute approximate surface area is 118 Å². The molecule has 0 radical (unpaired) electrons. The highest BCUT2D eigenvalue weighted by molar-refractivity contribution is 6.07. The van der Waals surface area contributed by atoms with Crippen molar-refractivity contribution < 1.29 is 4.79 Å². The monoisotopic (exact) mass is 270 g/mol. The third kappa shape index (κ3) is 2.63. The number of aryl methyl sites for hydroxylation is 1. The quantitative estimate of drug-likeness (QED) is 0.863. The number of hydrogen-bond donors (Lipinski definition) is 1. The third-order valence-corrected chi connectivity index (χ3v) is 3.71. The summed E-state index contributed by atoms with van der Waals surface area (Å²) in [6.45, 7) is 3.96. The van der Waals surface area contributed by atoms with E-state index in [0.29, 0.717) is 17.3 Å². The normalized spacial score (nSPS) is 16.2. The number of carbonyl (C=O) groups excluding carboxylic acids is 1. The van der Waals surface area contributed by atoms with Gasteiger partial charge in [-0.1, -0.05) is 29.0 Å². The van der Waals surface area contributed by atoms with E-state index in [1.54, 1.807) is 6.20 Å². The van der Waals surface area contributed by atoms with Crippen LogP contribution in [0.15, 0.2) is 30.5 Å². The molecule has 104 valence electrons. The minimum Gasteiger partial charge on any atom is -0.317 e. The van der Waals surface area contributed by atoms with Crippen LogP contribution in [0.3, 0.4) is 0 Å². The molecular formula is C15H18N4O. The van der Waals surface area contributed by atoms with Crippen LogP contribution in [0.5, 0.6) is 0 Å². The van der Waals surface area contributed by atoms with E-state index in [9.17, 15) is 4.79 Å². The van der Waals surface area contributed by atoms with Crippen LogP contribution < -0.4 is 5.32 Å². The molecule has 0 aliphatic carbocycles. The largest absolute Gasteiger partial charge is 0.317 e. The molecule has 1 aromatic heterocycles. The molecule has 2 aromatic rings. The van der Waals surface area contributed by atoms with Crippen molar-refractivity contribution in [2.24, 2.45) is 0 Å². The lowest BCUT2D eigenvalue weighted by molar-refractivity contribution is 0.103. The topological polar surface area (TPSA) is 59.8 Å². The maximum absolute atomic E-state index is 12.4. The van der Waals surface area contributed by atoms with Gasteiger partial charge in [-0.05, 0) is 38.9 Å². The van der Waals surface area contributed by atoms with Gasteiger partial charge in [0, 0.05) is 5.56 Å². The van der Waals surface area contributed by atoms with E-state index in [-0.39, 0.29) is 5.78 Å². The van der Waals surface area contributed by atoms with Gasteiger partial charge >= 0.3 is 0 Å². The Morgan fingerprint density at radius 2 is 2.15 bits per heavy atom. The van der Waals surface area contributed by atoms with Gasteiger partial charge in [-0.3, -0.25) is 4.79 Å². The number of nitrogens with zero attached hydrogens (tertiary/aromatic N) is 3. The van der Waals surface area contributed by atoms with Crippen LogP contribution in [0, 0.1) is 6.92 Å². The molecule has 1 aromatic carbocycles. The molecule has 0 atom stereocenters. The fraction of sp³-hybridized carbons (Fsp3) is 0.400. The van der Waals surface area contributed by atoms with Gasteiger partial charge in [0.1, 0.15) is 0 Å². The van der Waals surface area contributed by atoms with Crippen molar-refractivity contribution in [1.82, 2.24) is 20.3 Å². The Kier molecular flexibility index (Phi) is 3.60. The molecular weight excluding hydrogens is 252 g/mol. The second-order valence-corrected chi connectivity index (χ2v) is 5.26. The molecule has 3 rings (SSSR count). The smallest absolute Gasteiger partial charge is 0.214 e. The van der Waals surface area contributed by atoms with Crippen molar-refractivity contribution in [2.75, 3.05) is 13.1 Å². The molecule has 0 saturated carbocycles. The average molecular weight is 270 g/mol. The number of benzene rings is 1. The molecule has 0 amide bonds. The summed E-state index contributed by atoms with van der Waals surface area (Å²) in [4.78, 5) is 12.4. The summed E-state index contributed by atoms with van der Waals surface area (Å²) in [6.07, 6.45) is 3.84. The number of nitrogens with one attached hydrogen (secondary N) is 1. The second-order valence-electron chi connectivity index (χ2n) is 5.26. The van der Waals surface area contributed by atoms with Crippen LogP contribution in [-0.2, 0) is 0 Å². The Hall–Kier alpha value is -2.01. The zero-order valence-electron chi connectivity index (χ0n) is 11.5. The van der Waals surface area contributed by atoms with Crippen LogP contribution >= 0.6 is 0 Å². The van der Waals surface area contributed by atoms with Gasteiger partial charge in [0.2, 0.25) is 5.78 Å². The summed E-state index contributed by atoms with van der Waals surface area (Å²) in [5, 5.41) is 11.5. The average Bonchev–Trinajstić information content (AvgIpc) is 2.97. The lowest BCUT2D eigenvalue weighted by Crippen LogP contribution is -2.29. The fourth-order valence-corrected chi connectivity index (χ4v) is 2.56. The predicted octanol–water partition coefficient (Wildman–Crippen LogP) is 1.74. The molecule has 2 heterocycles. The van der Waals surface area contributed by atoms with Gasteiger partial charge in [-0.15, -0.1) is 5.10 Å². The number of ketones is 1. The molecule has 0 spiro atoms. The van der Waals surface area contributed by atoms with E-state index in [0.717, 1.165) is 31.5 Å². The maximum Gasteiger partial charge on any atom is 0.214 e. The molecule has 1 fully saturated rings. The van der Waals surface area contributed by atoms with Crippen LogP contribution in [0.4, 0.5) is 0 Å². The van der Waals surface area contributed by atoms with E-state index >= 15 is 0 Å². The minimum absolute atomic E-state index is 0.0612. The number of aromatic nitrogens is 3. The first-order valence-corrected chi connectivity index (χ1v) is 6.98. The summed E-state index contributed by atoms with van der Waals surface area (Å²) < 4.78 is 1.84. The summed E-state index contributed by atoms with van der Waals surface area (Å²) in [5.74, 6) is -0.0612. The summed E-state index contributed by atoms with van der Waals surface area (Å²) in [6, 6.07) is 7.91. The molecule has 20 heavy (non-hydrogen) atoms. The first-order valence-electron chi connectivity index (χ1n) is 6.98. The number of carbonyl (C=O) groups is 1. The molecule has 5 heteroatoms. The zero-order chi connectivity index (χ0) is 13.9. The van der Waals surface area contributed by atoms with Gasteiger partial charge in [-0.25, -0.2) is 4.68 Å². The molecule has 1 N–H and O–H groups in total. The van der Waals surface area contributed by atoms with E-state index < -0.39 is 0 Å². The van der Waals surface area contributed by atoms with Crippen molar-refractivity contribution in [3.63, 3.8) is 0 Å². The number of piperidine rings is 1. The molecule has 1 saturated heterocycles. The van der Waals surface area contributed by atoms with Gasteiger partial charge in [0.15, 0.2) is 5.69 Å². The van der Waals surface area contributed by atoms with Gasteiger partial charge in [-0.2, -0.15) is 0 Å². The van der Waals surface area contributed by atoms with E-state index in [1.165, 1.54) is 0 Å². The fourth-order valence-electron chi connectivity index (χ4n) is 2.56. The van der Waals surface area contributed by atoms with Gasteiger partial charge in [0.05, 0.1) is 12.2 Å². The van der Waals surface area contributed by atoms with E-state index in [1.807, 2.05) is 35.9 Å². The Balaban J connectivity index is 1.80. The van der Waals surface area contributed by atoms with Crippen LogP contribution in [0.1, 0.15) is 40.5 Å². The lowest BCUT2D eigenvalue weighted by atomic mass is 10.1. The number of rotatable bonds is 3. The van der Waals surface area contributed by atoms with Crippen molar-refractivity contribution in [3.8, 4) is 0 Å². The Morgan fingerprint density at radius 3 is 2.90 bits per heavy atom. The predicted molar refractivity (Wildman–Crippen MR) is 75.8 cm³/mol. The SMILES string of the molecule is Cc1cccc(C(=O)c2cn(C3CCNCC3)nn2)c1. The van der Waals surface area contributed by atoms with Crippen molar-refractivity contribution in [3.05, 3.63) is 47.3 Å². The van der Waals surface area contributed by atoms with Gasteiger partial charge in [0.25, 0.3) is 0 Å². The standard InChI is InChI=1S/C15H18N4O/c1-11-3-2-4-12(9-11)15(20)14-10-19(18-17-14)13-5-7-16-8-6-13/h2-4,9-10,13,16H,5-8H2,1H3. The van der Waals surface area contributed by atoms with Crippen molar-refractivity contribution in [2.45, 2.75) is 25.8 Å². The zero-order valence-corrected chi connectivity index (χ0v) is 11.5. The first kappa shape index (κ1) is 13.0. The maximum atomic E-state index is 12.4. The minimum atomic E-state index is -0.0612. The molecule has 0 bridgehead atoms. The van der Waals surface area contributed by atoms with Crippen molar-refractivity contribution in [1.29, 1.82) is 0 Å². The Bertz CT molecular complexity index is 614. The van der Waals surface area contributed by atoms with Crippen LogP contribution in [-0.4, -0.2) is 33.9 Å². The van der Waals surface area contributed by atoms with Gasteiger partial charge < -0.3 is 5.32 Å².